The Balaban J connectivity index is 2.04. The number of nitrogens with zero attached hydrogens (tertiary/aromatic N) is 6. The van der Waals surface area contributed by atoms with Gasteiger partial charge in [-0.05, 0) is 20.0 Å². The van der Waals surface area contributed by atoms with E-state index in [4.69, 9.17) is 0 Å². The van der Waals surface area contributed by atoms with Crippen LogP contribution in [-0.4, -0.2) is 57.1 Å². The molecule has 1 atom stereocenters. The zero-order valence-electron chi connectivity index (χ0n) is 13.1. The summed E-state index contributed by atoms with van der Waals surface area (Å²) in [4.78, 5) is 29.5. The molecule has 7 nitrogen and oxygen atoms in total. The van der Waals surface area contributed by atoms with Gasteiger partial charge in [0.25, 0.3) is 5.56 Å². The largest absolute Gasteiger partial charge is 0.337 e. The minimum atomic E-state index is -0.0789. The van der Waals surface area contributed by atoms with E-state index in [-0.39, 0.29) is 5.56 Å². The third kappa shape index (κ3) is 2.71. The molecule has 0 spiro atoms. The molecule has 0 bridgehead atoms. The predicted molar refractivity (Wildman–Crippen MR) is 84.8 cm³/mol. The Morgan fingerprint density at radius 1 is 1.23 bits per heavy atom. The first-order valence-corrected chi connectivity index (χ1v) is 7.36. The van der Waals surface area contributed by atoms with Crippen LogP contribution in [0, 0.1) is 0 Å². The summed E-state index contributed by atoms with van der Waals surface area (Å²) in [5.74, 6) is 0.696. The monoisotopic (exact) mass is 300 g/mol. The molecule has 116 valence electrons. The van der Waals surface area contributed by atoms with Crippen molar-refractivity contribution < 1.29 is 0 Å². The first kappa shape index (κ1) is 14.6. The first-order chi connectivity index (χ1) is 10.6. The van der Waals surface area contributed by atoms with Crippen LogP contribution in [0.4, 0.5) is 5.95 Å². The third-order valence-electron chi connectivity index (χ3n) is 4.04. The lowest BCUT2D eigenvalue weighted by atomic mass is 10.2. The summed E-state index contributed by atoms with van der Waals surface area (Å²) in [6, 6.07) is 3.59. The standard InChI is InChI=1S/C15H20N6O/c1-11-9-19(2)6-7-21(11)15-18-13(8-14(22)20(15)3)12-4-5-16-10-17-12/h4-5,8,10-11H,6-7,9H2,1-3H3. The molecule has 1 saturated heterocycles. The smallest absolute Gasteiger partial charge is 0.255 e. The number of likely N-dealkylation sites (N-methyl/N-ethyl adjacent to an activating group) is 1. The minimum Gasteiger partial charge on any atom is -0.337 e. The lowest BCUT2D eigenvalue weighted by molar-refractivity contribution is 0.272. The minimum absolute atomic E-state index is 0.0789. The van der Waals surface area contributed by atoms with E-state index in [0.29, 0.717) is 23.4 Å². The molecular formula is C15H20N6O. The molecule has 0 amide bonds. The third-order valence-corrected chi connectivity index (χ3v) is 4.04. The fraction of sp³-hybridized carbons (Fsp3) is 0.467. The number of anilines is 1. The van der Waals surface area contributed by atoms with E-state index in [0.717, 1.165) is 19.6 Å². The zero-order valence-corrected chi connectivity index (χ0v) is 13.1. The van der Waals surface area contributed by atoms with Crippen molar-refractivity contribution in [1.82, 2.24) is 24.4 Å². The number of piperazine rings is 1. The Hall–Kier alpha value is -2.28. The van der Waals surface area contributed by atoms with Crippen LogP contribution in [0.2, 0.25) is 0 Å². The fourth-order valence-corrected chi connectivity index (χ4v) is 2.79. The average molecular weight is 300 g/mol. The van der Waals surface area contributed by atoms with E-state index in [1.807, 2.05) is 0 Å². The van der Waals surface area contributed by atoms with Crippen molar-refractivity contribution in [2.45, 2.75) is 13.0 Å². The van der Waals surface area contributed by atoms with Gasteiger partial charge >= 0.3 is 0 Å². The van der Waals surface area contributed by atoms with Gasteiger partial charge in [-0.2, -0.15) is 0 Å². The van der Waals surface area contributed by atoms with Gasteiger partial charge in [0.2, 0.25) is 5.95 Å². The second-order valence-electron chi connectivity index (χ2n) is 5.74. The van der Waals surface area contributed by atoms with Crippen LogP contribution in [-0.2, 0) is 7.05 Å². The maximum absolute atomic E-state index is 12.3. The number of aromatic nitrogens is 4. The maximum atomic E-state index is 12.3. The molecule has 3 rings (SSSR count). The fourth-order valence-electron chi connectivity index (χ4n) is 2.79. The highest BCUT2D eigenvalue weighted by Crippen LogP contribution is 2.19. The normalized spacial score (nSPS) is 19.4. The van der Waals surface area contributed by atoms with E-state index in [9.17, 15) is 4.79 Å². The van der Waals surface area contributed by atoms with Crippen LogP contribution in [0.15, 0.2) is 29.5 Å². The van der Waals surface area contributed by atoms with Gasteiger partial charge in [0.1, 0.15) is 6.33 Å². The molecule has 1 unspecified atom stereocenters. The average Bonchev–Trinajstić information content (AvgIpc) is 2.51. The Bertz CT molecular complexity index is 714. The van der Waals surface area contributed by atoms with E-state index in [2.05, 4.69) is 38.7 Å². The predicted octanol–water partition coefficient (Wildman–Crippen LogP) is 0.378. The van der Waals surface area contributed by atoms with Gasteiger partial charge in [0, 0.05) is 45.0 Å². The Morgan fingerprint density at radius 2 is 2.05 bits per heavy atom. The molecule has 2 aromatic heterocycles. The number of rotatable bonds is 2. The zero-order chi connectivity index (χ0) is 15.7. The second-order valence-corrected chi connectivity index (χ2v) is 5.74. The van der Waals surface area contributed by atoms with E-state index >= 15 is 0 Å². The van der Waals surface area contributed by atoms with Crippen molar-refractivity contribution in [3.05, 3.63) is 35.0 Å². The molecule has 0 aromatic carbocycles. The lowest BCUT2D eigenvalue weighted by Gasteiger charge is -2.39. The van der Waals surface area contributed by atoms with Crippen LogP contribution < -0.4 is 10.5 Å². The molecule has 1 aliphatic rings. The van der Waals surface area contributed by atoms with E-state index in [1.165, 1.54) is 12.4 Å². The van der Waals surface area contributed by atoms with Crippen molar-refractivity contribution in [3.8, 4) is 11.4 Å². The Kier molecular flexibility index (Phi) is 3.89. The Labute approximate surface area is 129 Å². The highest BCUT2D eigenvalue weighted by atomic mass is 16.1. The topological polar surface area (TPSA) is 67.2 Å². The Morgan fingerprint density at radius 3 is 2.73 bits per heavy atom. The van der Waals surface area contributed by atoms with Gasteiger partial charge in [-0.1, -0.05) is 0 Å². The summed E-state index contributed by atoms with van der Waals surface area (Å²) in [6.07, 6.45) is 3.12. The van der Waals surface area contributed by atoms with Crippen LogP contribution >= 0.6 is 0 Å². The second kappa shape index (κ2) is 5.84. The van der Waals surface area contributed by atoms with E-state index in [1.54, 1.807) is 23.9 Å². The van der Waals surface area contributed by atoms with Crippen LogP contribution in [0.5, 0.6) is 0 Å². The highest BCUT2D eigenvalue weighted by Gasteiger charge is 2.25. The van der Waals surface area contributed by atoms with Crippen molar-refractivity contribution in [2.75, 3.05) is 31.6 Å². The molecule has 0 N–H and O–H groups in total. The van der Waals surface area contributed by atoms with Gasteiger partial charge in [-0.3, -0.25) is 9.36 Å². The van der Waals surface area contributed by atoms with Gasteiger partial charge in [-0.15, -0.1) is 0 Å². The van der Waals surface area contributed by atoms with Gasteiger partial charge < -0.3 is 9.80 Å². The van der Waals surface area contributed by atoms with Crippen molar-refractivity contribution >= 4 is 5.95 Å². The SMILES string of the molecule is CC1CN(C)CCN1c1nc(-c2ccncn2)cc(=O)n1C. The molecule has 0 aliphatic carbocycles. The molecule has 7 heteroatoms. The number of hydrogen-bond acceptors (Lipinski definition) is 6. The van der Waals surface area contributed by atoms with Gasteiger partial charge in [0.05, 0.1) is 11.4 Å². The summed E-state index contributed by atoms with van der Waals surface area (Å²) in [5, 5.41) is 0. The first-order valence-electron chi connectivity index (χ1n) is 7.36. The lowest BCUT2D eigenvalue weighted by Crippen LogP contribution is -2.52. The molecule has 0 saturated carbocycles. The molecule has 0 radical (unpaired) electrons. The summed E-state index contributed by atoms with van der Waals surface area (Å²) in [5.41, 5.74) is 1.17. The molecule has 2 aromatic rings. The summed E-state index contributed by atoms with van der Waals surface area (Å²) >= 11 is 0. The van der Waals surface area contributed by atoms with Crippen molar-refractivity contribution in [1.29, 1.82) is 0 Å². The van der Waals surface area contributed by atoms with Crippen molar-refractivity contribution in [3.63, 3.8) is 0 Å². The quantitative estimate of drug-likeness (QED) is 0.799. The molecule has 22 heavy (non-hydrogen) atoms. The summed E-state index contributed by atoms with van der Waals surface area (Å²) in [7, 11) is 3.87. The van der Waals surface area contributed by atoms with Gasteiger partial charge in [-0.25, -0.2) is 15.0 Å². The van der Waals surface area contributed by atoms with E-state index < -0.39 is 0 Å². The molecule has 3 heterocycles. The number of hydrogen-bond donors (Lipinski definition) is 0. The van der Waals surface area contributed by atoms with Crippen molar-refractivity contribution in [2.24, 2.45) is 7.05 Å². The summed E-state index contributed by atoms with van der Waals surface area (Å²) < 4.78 is 1.60. The molecular weight excluding hydrogens is 280 g/mol. The van der Waals surface area contributed by atoms with Crippen LogP contribution in [0.3, 0.4) is 0 Å². The van der Waals surface area contributed by atoms with Gasteiger partial charge in [0.15, 0.2) is 0 Å². The molecule has 1 fully saturated rings. The maximum Gasteiger partial charge on any atom is 0.255 e. The van der Waals surface area contributed by atoms with Crippen LogP contribution in [0.1, 0.15) is 6.92 Å². The van der Waals surface area contributed by atoms with Crippen LogP contribution in [0.25, 0.3) is 11.4 Å². The summed E-state index contributed by atoms with van der Waals surface area (Å²) in [6.45, 7) is 4.91. The highest BCUT2D eigenvalue weighted by molar-refractivity contribution is 5.55. The molecule has 1 aliphatic heterocycles.